The van der Waals surface area contributed by atoms with Gasteiger partial charge in [-0.25, -0.2) is 9.97 Å². The van der Waals surface area contributed by atoms with E-state index < -0.39 is 0 Å². The summed E-state index contributed by atoms with van der Waals surface area (Å²) < 4.78 is 0. The summed E-state index contributed by atoms with van der Waals surface area (Å²) >= 11 is 0. The molecule has 2 aromatic carbocycles. The van der Waals surface area contributed by atoms with E-state index in [4.69, 9.17) is 0 Å². The van der Waals surface area contributed by atoms with Crippen molar-refractivity contribution in [3.8, 4) is 0 Å². The number of fused-ring (bicyclic) bond motifs is 1. The van der Waals surface area contributed by atoms with Crippen molar-refractivity contribution in [3.05, 3.63) is 79.4 Å². The second kappa shape index (κ2) is 6.49. The predicted octanol–water partition coefficient (Wildman–Crippen LogP) is 3.99. The van der Waals surface area contributed by atoms with Crippen LogP contribution in [0.4, 0.5) is 22.9 Å². The second-order valence-corrected chi connectivity index (χ2v) is 5.12. The minimum absolute atomic E-state index is 0. The van der Waals surface area contributed by atoms with E-state index >= 15 is 0 Å². The molecule has 1 aromatic heterocycles. The Balaban J connectivity index is 0.00000156. The number of aromatic nitrogens is 2. The van der Waals surface area contributed by atoms with Crippen molar-refractivity contribution in [1.82, 2.24) is 9.97 Å². The maximum atomic E-state index is 4.44. The molecular weight excluding hydrogens is 464 g/mol. The van der Waals surface area contributed by atoms with Crippen molar-refractivity contribution < 1.29 is 20.1 Å². The van der Waals surface area contributed by atoms with Gasteiger partial charge in [0, 0.05) is 25.8 Å². The minimum Gasteiger partial charge on any atom is -0.478 e. The Bertz CT molecular complexity index is 807. The summed E-state index contributed by atoms with van der Waals surface area (Å²) in [5, 5.41) is 0. The van der Waals surface area contributed by atoms with E-state index in [1.807, 2.05) is 54.2 Å². The molecule has 3 aromatic rings. The fraction of sp³-hybridized carbons (Fsp3) is 0.0556. The van der Waals surface area contributed by atoms with Crippen LogP contribution in [0.15, 0.2) is 61.1 Å². The molecule has 0 fully saturated rings. The van der Waals surface area contributed by atoms with Gasteiger partial charge in [0.15, 0.2) is 0 Å². The Morgan fingerprint density at radius 3 is 2.61 bits per heavy atom. The fourth-order valence-electron chi connectivity index (χ4n) is 2.64. The summed E-state index contributed by atoms with van der Waals surface area (Å²) in [5.74, 6) is 0.862. The van der Waals surface area contributed by atoms with Gasteiger partial charge in [-0.05, 0) is 18.6 Å². The van der Waals surface area contributed by atoms with Gasteiger partial charge < -0.3 is 9.80 Å². The summed E-state index contributed by atoms with van der Waals surface area (Å²) in [5.41, 5.74) is 4.25. The molecule has 117 valence electrons. The van der Waals surface area contributed by atoms with Crippen LogP contribution < -0.4 is 9.80 Å². The molecule has 0 aliphatic carbocycles. The molecule has 1 aliphatic rings. The summed E-state index contributed by atoms with van der Waals surface area (Å²) in [6.07, 6.45) is 3.41. The van der Waals surface area contributed by atoms with Crippen LogP contribution in [0.3, 0.4) is 0 Å². The first kappa shape index (κ1) is 15.7. The topological polar surface area (TPSA) is 32.3 Å². The van der Waals surface area contributed by atoms with Gasteiger partial charge in [-0.2, -0.15) is 30.3 Å². The summed E-state index contributed by atoms with van der Waals surface area (Å²) in [6, 6.07) is 19.4. The van der Waals surface area contributed by atoms with Crippen LogP contribution >= 0.6 is 0 Å². The molecule has 0 amide bonds. The third-order valence-corrected chi connectivity index (χ3v) is 3.72. The van der Waals surface area contributed by atoms with E-state index in [-0.39, 0.29) is 20.1 Å². The Morgan fingerprint density at radius 2 is 1.83 bits per heavy atom. The molecule has 1 aliphatic heterocycles. The van der Waals surface area contributed by atoms with Crippen molar-refractivity contribution >= 4 is 22.9 Å². The molecule has 0 spiro atoms. The number of benzene rings is 2. The smallest absolute Gasteiger partial charge is 0.128 e. The van der Waals surface area contributed by atoms with Crippen molar-refractivity contribution in [2.45, 2.75) is 6.92 Å². The van der Waals surface area contributed by atoms with Gasteiger partial charge in [0.25, 0.3) is 0 Å². The Labute approximate surface area is 149 Å². The third kappa shape index (κ3) is 2.74. The quantitative estimate of drug-likeness (QED) is 0.522. The standard InChI is InChI=1S/C18H14N4.Ir/c1-14-7-5-6-10-16(14)22-13-21(15-8-3-2-4-9-15)18-17(22)11-19-12-20-18;/h2-8,10-13H,1H3;/q-2;. The van der Waals surface area contributed by atoms with Gasteiger partial charge in [0.05, 0.1) is 11.9 Å². The first-order chi connectivity index (χ1) is 10.8. The van der Waals surface area contributed by atoms with Crippen molar-refractivity contribution in [3.63, 3.8) is 0 Å². The van der Waals surface area contributed by atoms with Gasteiger partial charge in [0.1, 0.15) is 12.1 Å². The van der Waals surface area contributed by atoms with Crippen molar-refractivity contribution in [2.24, 2.45) is 0 Å². The molecule has 1 radical (unpaired) electrons. The van der Waals surface area contributed by atoms with Gasteiger partial charge in [-0.15, -0.1) is 12.4 Å². The summed E-state index contributed by atoms with van der Waals surface area (Å²) in [7, 11) is 0. The average Bonchev–Trinajstić information content (AvgIpc) is 2.96. The molecular formula is C18H14IrN4-2. The molecule has 0 atom stereocenters. The molecule has 4 rings (SSSR count). The van der Waals surface area contributed by atoms with Crippen LogP contribution in [0.5, 0.6) is 0 Å². The van der Waals surface area contributed by atoms with E-state index in [1.54, 1.807) is 6.33 Å². The Morgan fingerprint density at radius 1 is 1.00 bits per heavy atom. The van der Waals surface area contributed by atoms with E-state index in [0.29, 0.717) is 0 Å². The third-order valence-electron chi connectivity index (χ3n) is 3.72. The van der Waals surface area contributed by atoms with Crippen LogP contribution in [-0.4, -0.2) is 9.97 Å². The van der Waals surface area contributed by atoms with Crippen LogP contribution in [-0.2, 0) is 20.1 Å². The molecule has 0 bridgehead atoms. The van der Waals surface area contributed by atoms with Gasteiger partial charge in [0.2, 0.25) is 0 Å². The first-order valence-electron chi connectivity index (χ1n) is 7.10. The molecule has 4 nitrogen and oxygen atoms in total. The first-order valence-corrected chi connectivity index (χ1v) is 7.10. The maximum absolute atomic E-state index is 4.44. The molecule has 0 saturated carbocycles. The number of rotatable bonds is 2. The van der Waals surface area contributed by atoms with Crippen LogP contribution in [0, 0.1) is 19.7 Å². The number of hydrogen-bond acceptors (Lipinski definition) is 4. The molecule has 23 heavy (non-hydrogen) atoms. The summed E-state index contributed by atoms with van der Waals surface area (Å²) in [6.45, 7) is 4.14. The number of nitrogens with zero attached hydrogens (tertiary/aromatic N) is 4. The molecule has 0 N–H and O–H groups in total. The van der Waals surface area contributed by atoms with Crippen molar-refractivity contribution in [2.75, 3.05) is 9.80 Å². The number of aryl methyl sites for hydroxylation is 1. The monoisotopic (exact) mass is 479 g/mol. The van der Waals surface area contributed by atoms with Crippen LogP contribution in [0.2, 0.25) is 0 Å². The van der Waals surface area contributed by atoms with Crippen LogP contribution in [0.1, 0.15) is 5.56 Å². The van der Waals surface area contributed by atoms with Gasteiger partial charge in [-0.3, -0.25) is 0 Å². The zero-order chi connectivity index (χ0) is 14.9. The van der Waals surface area contributed by atoms with Crippen molar-refractivity contribution in [1.29, 1.82) is 0 Å². The zero-order valence-corrected chi connectivity index (χ0v) is 14.9. The summed E-state index contributed by atoms with van der Waals surface area (Å²) in [4.78, 5) is 12.8. The molecule has 0 unspecified atom stereocenters. The fourth-order valence-corrected chi connectivity index (χ4v) is 2.64. The zero-order valence-electron chi connectivity index (χ0n) is 12.5. The predicted molar refractivity (Wildman–Crippen MR) is 87.1 cm³/mol. The SMILES string of the molecule is Cc1ccccc1N1[CH-]N(c2[c-]cccc2)c2ncncc21.[Ir]. The molecule has 5 heteroatoms. The Hall–Kier alpha value is -2.23. The van der Waals surface area contributed by atoms with E-state index in [2.05, 4.69) is 40.0 Å². The molecule has 2 heterocycles. The number of anilines is 4. The second-order valence-electron chi connectivity index (χ2n) is 5.12. The van der Waals surface area contributed by atoms with Gasteiger partial charge in [-0.1, -0.05) is 18.2 Å². The normalized spacial score (nSPS) is 12.7. The van der Waals surface area contributed by atoms with E-state index in [1.165, 1.54) is 5.56 Å². The maximum Gasteiger partial charge on any atom is 0.128 e. The molecule has 0 saturated heterocycles. The number of para-hydroxylation sites is 2. The number of hydrogen-bond donors (Lipinski definition) is 0. The average molecular weight is 479 g/mol. The largest absolute Gasteiger partial charge is 0.478 e. The minimum atomic E-state index is 0. The van der Waals surface area contributed by atoms with E-state index in [0.717, 1.165) is 22.9 Å². The van der Waals surface area contributed by atoms with Crippen LogP contribution in [0.25, 0.3) is 0 Å². The van der Waals surface area contributed by atoms with E-state index in [9.17, 15) is 0 Å². The Kier molecular flexibility index (Phi) is 4.42. The van der Waals surface area contributed by atoms with Gasteiger partial charge >= 0.3 is 0 Å².